The minimum atomic E-state index is -4.79. The van der Waals surface area contributed by atoms with Gasteiger partial charge in [0.1, 0.15) is 5.75 Å². The first kappa shape index (κ1) is 20.4. The number of benzene rings is 2. The van der Waals surface area contributed by atoms with Crippen molar-refractivity contribution in [2.45, 2.75) is 12.4 Å². The quantitative estimate of drug-likeness (QED) is 0.587. The van der Waals surface area contributed by atoms with E-state index in [0.717, 1.165) is 0 Å². The largest absolute Gasteiger partial charge is 0.573 e. The molecule has 1 aliphatic heterocycles. The van der Waals surface area contributed by atoms with Crippen LogP contribution in [0.2, 0.25) is 5.02 Å². The van der Waals surface area contributed by atoms with E-state index in [1.165, 1.54) is 42.5 Å². The average Bonchev–Trinajstić information content (AvgIpc) is 2.63. The zero-order valence-electron chi connectivity index (χ0n) is 14.6. The summed E-state index contributed by atoms with van der Waals surface area (Å²) in [6.45, 7) is 2.63. The number of halogens is 4. The van der Waals surface area contributed by atoms with Gasteiger partial charge in [0.25, 0.3) is 5.69 Å². The van der Waals surface area contributed by atoms with E-state index in [9.17, 15) is 23.3 Å². The van der Waals surface area contributed by atoms with Gasteiger partial charge in [-0.3, -0.25) is 15.0 Å². The molecule has 1 saturated heterocycles. The molecule has 0 unspecified atom stereocenters. The van der Waals surface area contributed by atoms with Crippen LogP contribution in [0.4, 0.5) is 18.9 Å². The molecular formula is C18H17ClF3N3O3. The number of nitro benzene ring substituents is 1. The predicted octanol–water partition coefficient (Wildman–Crippen LogP) is 4.14. The van der Waals surface area contributed by atoms with Gasteiger partial charge < -0.3 is 10.1 Å². The number of nitrogens with one attached hydrogen (secondary N) is 1. The van der Waals surface area contributed by atoms with Gasteiger partial charge in [-0.2, -0.15) is 0 Å². The van der Waals surface area contributed by atoms with Gasteiger partial charge in [-0.15, -0.1) is 13.2 Å². The summed E-state index contributed by atoms with van der Waals surface area (Å²) < 4.78 is 41.2. The number of nitro groups is 1. The third kappa shape index (κ3) is 4.92. The molecule has 0 aliphatic carbocycles. The highest BCUT2D eigenvalue weighted by molar-refractivity contribution is 6.30. The maximum absolute atomic E-state index is 12.4. The van der Waals surface area contributed by atoms with E-state index < -0.39 is 17.3 Å². The Hall–Kier alpha value is -2.36. The normalized spacial score (nSPS) is 16.6. The van der Waals surface area contributed by atoms with Crippen LogP contribution in [0.15, 0.2) is 42.5 Å². The predicted molar refractivity (Wildman–Crippen MR) is 97.5 cm³/mol. The van der Waals surface area contributed by atoms with E-state index in [1.54, 1.807) is 0 Å². The molecule has 1 atom stereocenters. The van der Waals surface area contributed by atoms with Crippen molar-refractivity contribution in [2.24, 2.45) is 0 Å². The molecule has 6 nitrogen and oxygen atoms in total. The Labute approximate surface area is 164 Å². The Morgan fingerprint density at radius 2 is 1.79 bits per heavy atom. The Balaban J connectivity index is 2.03. The van der Waals surface area contributed by atoms with Crippen LogP contribution in [0.5, 0.6) is 5.75 Å². The summed E-state index contributed by atoms with van der Waals surface area (Å²) in [5, 5.41) is 15.1. The molecule has 2 aromatic carbocycles. The van der Waals surface area contributed by atoms with E-state index in [-0.39, 0.29) is 11.4 Å². The van der Waals surface area contributed by atoms with E-state index in [2.05, 4.69) is 10.1 Å². The van der Waals surface area contributed by atoms with Crippen molar-refractivity contribution in [3.05, 3.63) is 68.7 Å². The summed E-state index contributed by atoms with van der Waals surface area (Å²) in [5.41, 5.74) is 0.911. The zero-order valence-corrected chi connectivity index (χ0v) is 15.3. The van der Waals surface area contributed by atoms with Crippen molar-refractivity contribution in [3.8, 4) is 5.75 Å². The lowest BCUT2D eigenvalue weighted by Gasteiger charge is -2.35. The molecular weight excluding hydrogens is 399 g/mol. The van der Waals surface area contributed by atoms with Gasteiger partial charge in [-0.1, -0.05) is 23.7 Å². The molecule has 0 spiro atoms. The third-order valence-corrected chi connectivity index (χ3v) is 4.66. The monoisotopic (exact) mass is 415 g/mol. The first-order valence-electron chi connectivity index (χ1n) is 8.49. The van der Waals surface area contributed by atoms with E-state index in [0.29, 0.717) is 42.3 Å². The molecule has 150 valence electrons. The summed E-state index contributed by atoms with van der Waals surface area (Å²) in [6.07, 6.45) is -4.79. The molecule has 0 aromatic heterocycles. The number of hydrogen-bond donors (Lipinski definition) is 1. The van der Waals surface area contributed by atoms with Crippen molar-refractivity contribution >= 4 is 17.3 Å². The first-order valence-corrected chi connectivity index (χ1v) is 8.87. The molecule has 2 aromatic rings. The molecule has 10 heteroatoms. The van der Waals surface area contributed by atoms with Crippen molar-refractivity contribution in [3.63, 3.8) is 0 Å². The Morgan fingerprint density at radius 1 is 1.14 bits per heavy atom. The van der Waals surface area contributed by atoms with E-state index >= 15 is 0 Å². The molecule has 28 heavy (non-hydrogen) atoms. The highest BCUT2D eigenvalue weighted by Gasteiger charge is 2.32. The maximum atomic E-state index is 12.4. The van der Waals surface area contributed by atoms with Crippen LogP contribution in [-0.4, -0.2) is 42.4 Å². The fraction of sp³-hybridized carbons (Fsp3) is 0.333. The van der Waals surface area contributed by atoms with E-state index in [4.69, 9.17) is 11.6 Å². The van der Waals surface area contributed by atoms with Crippen LogP contribution in [0.3, 0.4) is 0 Å². The van der Waals surface area contributed by atoms with Gasteiger partial charge >= 0.3 is 6.36 Å². The second-order valence-corrected chi connectivity index (χ2v) is 6.70. The van der Waals surface area contributed by atoms with Gasteiger partial charge in [0.05, 0.1) is 16.5 Å². The first-order chi connectivity index (χ1) is 13.2. The molecule has 3 rings (SSSR count). The maximum Gasteiger partial charge on any atom is 0.573 e. The molecule has 1 N–H and O–H groups in total. The van der Waals surface area contributed by atoms with Gasteiger partial charge in [-0.25, -0.2) is 0 Å². The van der Waals surface area contributed by atoms with Crippen LogP contribution in [0.1, 0.15) is 17.2 Å². The van der Waals surface area contributed by atoms with Crippen LogP contribution in [-0.2, 0) is 0 Å². The average molecular weight is 416 g/mol. The molecule has 1 fully saturated rings. The lowest BCUT2D eigenvalue weighted by molar-refractivity contribution is -0.385. The summed E-state index contributed by atoms with van der Waals surface area (Å²) in [5.74, 6) is -0.351. The summed E-state index contributed by atoms with van der Waals surface area (Å²) >= 11 is 6.09. The second kappa shape index (κ2) is 8.34. The highest BCUT2D eigenvalue weighted by atomic mass is 35.5. The molecule has 0 bridgehead atoms. The summed E-state index contributed by atoms with van der Waals surface area (Å²) in [4.78, 5) is 13.1. The fourth-order valence-electron chi connectivity index (χ4n) is 3.29. The number of rotatable bonds is 5. The third-order valence-electron chi connectivity index (χ3n) is 4.43. The zero-order chi connectivity index (χ0) is 20.3. The minimum Gasteiger partial charge on any atom is -0.406 e. The van der Waals surface area contributed by atoms with Crippen LogP contribution in [0.25, 0.3) is 0 Å². The van der Waals surface area contributed by atoms with Crippen molar-refractivity contribution in [1.82, 2.24) is 10.2 Å². The van der Waals surface area contributed by atoms with Gasteiger partial charge in [0.15, 0.2) is 0 Å². The van der Waals surface area contributed by atoms with Crippen molar-refractivity contribution in [2.75, 3.05) is 26.2 Å². The molecule has 0 radical (unpaired) electrons. The fourth-order valence-corrected chi connectivity index (χ4v) is 3.47. The number of ether oxygens (including phenoxy) is 1. The smallest absolute Gasteiger partial charge is 0.406 e. The lowest BCUT2D eigenvalue weighted by atomic mass is 9.95. The highest BCUT2D eigenvalue weighted by Crippen LogP contribution is 2.37. The van der Waals surface area contributed by atoms with E-state index in [1.807, 2.05) is 4.90 Å². The Bertz CT molecular complexity index is 840. The van der Waals surface area contributed by atoms with Gasteiger partial charge in [0.2, 0.25) is 0 Å². The topological polar surface area (TPSA) is 67.6 Å². The Morgan fingerprint density at radius 3 is 2.36 bits per heavy atom. The number of alkyl halides is 3. The number of nitrogens with zero attached hydrogens (tertiary/aromatic N) is 2. The summed E-state index contributed by atoms with van der Waals surface area (Å²) in [7, 11) is 0. The minimum absolute atomic E-state index is 0.0939. The van der Waals surface area contributed by atoms with Gasteiger partial charge in [-0.05, 0) is 29.8 Å². The summed E-state index contributed by atoms with van der Waals surface area (Å²) in [6, 6.07) is 9.17. The molecule has 0 saturated carbocycles. The lowest BCUT2D eigenvalue weighted by Crippen LogP contribution is -2.45. The van der Waals surface area contributed by atoms with Gasteiger partial charge in [0, 0.05) is 37.3 Å². The molecule has 1 heterocycles. The van der Waals surface area contributed by atoms with Crippen LogP contribution in [0, 0.1) is 10.1 Å². The van der Waals surface area contributed by atoms with Crippen molar-refractivity contribution in [1.29, 1.82) is 0 Å². The SMILES string of the molecule is O=[N+]([O-])c1ccc(Cl)cc1[C@@H](c1ccc(OC(F)(F)F)cc1)N1CCNCC1. The molecule has 1 aliphatic rings. The second-order valence-electron chi connectivity index (χ2n) is 6.27. The standard InChI is InChI=1S/C18H17ClF3N3O3/c19-13-3-6-16(25(26)27)15(11-13)17(24-9-7-23-8-10-24)12-1-4-14(5-2-12)28-18(20,21)22/h1-6,11,17,23H,7-10H2/t17-/m1/s1. The number of hydrogen-bond acceptors (Lipinski definition) is 5. The Kier molecular flexibility index (Phi) is 6.07. The number of piperazine rings is 1. The van der Waals surface area contributed by atoms with Crippen LogP contribution < -0.4 is 10.1 Å². The molecule has 0 amide bonds. The van der Waals surface area contributed by atoms with Crippen LogP contribution >= 0.6 is 11.6 Å². The van der Waals surface area contributed by atoms with Crippen molar-refractivity contribution < 1.29 is 22.8 Å².